The molecule has 1 heteroatoms. The Labute approximate surface area is 174 Å². The van der Waals surface area contributed by atoms with E-state index in [4.69, 9.17) is 0 Å². The molecule has 0 spiro atoms. The van der Waals surface area contributed by atoms with Crippen molar-refractivity contribution in [3.8, 4) is 0 Å². The molecule has 0 radical (unpaired) electrons. The van der Waals surface area contributed by atoms with Crippen molar-refractivity contribution in [3.63, 3.8) is 0 Å². The van der Waals surface area contributed by atoms with Gasteiger partial charge >= 0.3 is 0 Å². The summed E-state index contributed by atoms with van der Waals surface area (Å²) in [6.07, 6.45) is 16.0. The van der Waals surface area contributed by atoms with E-state index < -0.39 is 0 Å². The van der Waals surface area contributed by atoms with Gasteiger partial charge in [0.2, 0.25) is 0 Å². The highest BCUT2D eigenvalue weighted by atomic mass is 16.3. The Morgan fingerprint density at radius 3 is 2.54 bits per heavy atom. The molecule has 0 aromatic heterocycles. The first-order chi connectivity index (χ1) is 13.3. The zero-order valence-corrected chi connectivity index (χ0v) is 19.4. The van der Waals surface area contributed by atoms with Gasteiger partial charge < -0.3 is 5.11 Å². The highest BCUT2D eigenvalue weighted by molar-refractivity contribution is 5.37. The van der Waals surface area contributed by atoms with Gasteiger partial charge in [-0.05, 0) is 90.9 Å². The van der Waals surface area contributed by atoms with Gasteiger partial charge in [-0.1, -0.05) is 72.3 Å². The molecule has 0 bridgehead atoms. The second kappa shape index (κ2) is 7.75. The predicted molar refractivity (Wildman–Crippen MR) is 119 cm³/mol. The molecular weight excluding hydrogens is 340 g/mol. The van der Waals surface area contributed by atoms with Crippen LogP contribution in [0.1, 0.15) is 112 Å². The molecule has 1 N–H and O–H groups in total. The molecule has 4 rings (SSSR count). The van der Waals surface area contributed by atoms with Crippen molar-refractivity contribution in [2.75, 3.05) is 0 Å². The maximum atomic E-state index is 11.3. The van der Waals surface area contributed by atoms with Crippen molar-refractivity contribution in [3.05, 3.63) is 11.1 Å². The van der Waals surface area contributed by atoms with E-state index in [9.17, 15) is 5.11 Å². The topological polar surface area (TPSA) is 20.2 Å². The molecule has 1 nitrogen and oxygen atoms in total. The van der Waals surface area contributed by atoms with Crippen LogP contribution in [0.25, 0.3) is 0 Å². The van der Waals surface area contributed by atoms with Gasteiger partial charge in [0, 0.05) is 0 Å². The van der Waals surface area contributed by atoms with Crippen molar-refractivity contribution in [2.24, 2.45) is 40.4 Å². The molecule has 0 aromatic rings. The highest BCUT2D eigenvalue weighted by Gasteiger charge is 2.56. The fourth-order valence-corrected chi connectivity index (χ4v) is 8.50. The van der Waals surface area contributed by atoms with Gasteiger partial charge in [0.15, 0.2) is 0 Å². The number of allylic oxidation sites excluding steroid dienone is 1. The molecule has 0 amide bonds. The third-order valence-electron chi connectivity index (χ3n) is 10.1. The van der Waals surface area contributed by atoms with E-state index in [0.717, 1.165) is 30.1 Å². The van der Waals surface area contributed by atoms with Crippen molar-refractivity contribution in [2.45, 2.75) is 118 Å². The number of hydrogen-bond donors (Lipinski definition) is 1. The standard InChI is InChI=1S/C27H46O/c1-18(2)9-8-10-19(3)21-12-13-22-25-23(14-16-27(21,22)5)26(4)15-7-6-11-20(26)17-24(25)28/h18-21,23-24,28H,6-17H2,1-5H3/t19-,20?,21-,23+,24?,26+,27-/m1/s1. The Morgan fingerprint density at radius 1 is 1.00 bits per heavy atom. The lowest BCUT2D eigenvalue weighted by Gasteiger charge is -2.57. The van der Waals surface area contributed by atoms with Crippen LogP contribution in [-0.2, 0) is 0 Å². The molecule has 2 unspecified atom stereocenters. The quantitative estimate of drug-likeness (QED) is 0.484. The molecule has 3 fully saturated rings. The normalized spacial score (nSPS) is 44.2. The highest BCUT2D eigenvalue weighted by Crippen LogP contribution is 2.65. The van der Waals surface area contributed by atoms with E-state index in [1.807, 2.05) is 0 Å². The number of aliphatic hydroxyl groups is 1. The molecule has 0 saturated heterocycles. The third kappa shape index (κ3) is 3.32. The van der Waals surface area contributed by atoms with Crippen LogP contribution in [0.3, 0.4) is 0 Å². The van der Waals surface area contributed by atoms with Crippen LogP contribution in [-0.4, -0.2) is 11.2 Å². The van der Waals surface area contributed by atoms with E-state index in [0.29, 0.717) is 16.7 Å². The Morgan fingerprint density at radius 2 is 1.79 bits per heavy atom. The zero-order chi connectivity index (χ0) is 20.1. The fraction of sp³-hybridized carbons (Fsp3) is 0.926. The van der Waals surface area contributed by atoms with Crippen molar-refractivity contribution >= 4 is 0 Å². The minimum absolute atomic E-state index is 0.134. The zero-order valence-electron chi connectivity index (χ0n) is 19.4. The predicted octanol–water partition coefficient (Wildman–Crippen LogP) is 7.53. The first kappa shape index (κ1) is 21.0. The van der Waals surface area contributed by atoms with Gasteiger partial charge in [0.25, 0.3) is 0 Å². The first-order valence-corrected chi connectivity index (χ1v) is 12.7. The molecule has 7 atom stereocenters. The smallest absolute Gasteiger partial charge is 0.0758 e. The van der Waals surface area contributed by atoms with Crippen LogP contribution in [0, 0.1) is 40.4 Å². The van der Waals surface area contributed by atoms with E-state index in [-0.39, 0.29) is 6.10 Å². The lowest BCUT2D eigenvalue weighted by molar-refractivity contribution is -0.0333. The van der Waals surface area contributed by atoms with Crippen LogP contribution in [0.15, 0.2) is 11.1 Å². The summed E-state index contributed by atoms with van der Waals surface area (Å²) in [5.74, 6) is 3.95. The average Bonchev–Trinajstić information content (AvgIpc) is 2.99. The third-order valence-corrected chi connectivity index (χ3v) is 10.1. The summed E-state index contributed by atoms with van der Waals surface area (Å²) in [6.45, 7) is 12.4. The number of aliphatic hydroxyl groups excluding tert-OH is 1. The summed E-state index contributed by atoms with van der Waals surface area (Å²) in [4.78, 5) is 0. The maximum Gasteiger partial charge on any atom is 0.0758 e. The lowest BCUT2D eigenvalue weighted by Crippen LogP contribution is -2.50. The number of fused-ring (bicyclic) bond motifs is 4. The largest absolute Gasteiger partial charge is 0.389 e. The SMILES string of the molecule is CC(C)CCC[C@@H](C)[C@H]1CCC2=C3C(O)CC4CCCC[C@]4(C)[C@H]3CC[C@@]21C. The molecule has 4 aliphatic carbocycles. The van der Waals surface area contributed by atoms with Crippen molar-refractivity contribution in [1.29, 1.82) is 0 Å². The van der Waals surface area contributed by atoms with Crippen LogP contribution >= 0.6 is 0 Å². The Balaban J connectivity index is 1.58. The minimum Gasteiger partial charge on any atom is -0.389 e. The van der Waals surface area contributed by atoms with E-state index in [2.05, 4.69) is 34.6 Å². The second-order valence-electron chi connectivity index (χ2n) is 12.1. The monoisotopic (exact) mass is 386 g/mol. The summed E-state index contributed by atoms with van der Waals surface area (Å²) in [6, 6.07) is 0. The molecular formula is C27H46O. The van der Waals surface area contributed by atoms with Crippen LogP contribution < -0.4 is 0 Å². The summed E-state index contributed by atoms with van der Waals surface area (Å²) >= 11 is 0. The summed E-state index contributed by atoms with van der Waals surface area (Å²) in [5.41, 5.74) is 4.15. The van der Waals surface area contributed by atoms with Crippen molar-refractivity contribution in [1.82, 2.24) is 0 Å². The number of rotatable bonds is 5. The van der Waals surface area contributed by atoms with Gasteiger partial charge in [-0.25, -0.2) is 0 Å². The van der Waals surface area contributed by atoms with E-state index in [1.54, 1.807) is 11.1 Å². The summed E-state index contributed by atoms with van der Waals surface area (Å²) < 4.78 is 0. The molecule has 28 heavy (non-hydrogen) atoms. The Kier molecular flexibility index (Phi) is 5.80. The fourth-order valence-electron chi connectivity index (χ4n) is 8.50. The second-order valence-corrected chi connectivity index (χ2v) is 12.1. The summed E-state index contributed by atoms with van der Waals surface area (Å²) in [7, 11) is 0. The molecule has 3 saturated carbocycles. The Bertz CT molecular complexity index is 603. The molecule has 0 aliphatic heterocycles. The number of hydrogen-bond acceptors (Lipinski definition) is 1. The van der Waals surface area contributed by atoms with E-state index >= 15 is 0 Å². The van der Waals surface area contributed by atoms with Gasteiger partial charge in [0.05, 0.1) is 6.10 Å². The molecule has 0 aromatic carbocycles. The van der Waals surface area contributed by atoms with Crippen LogP contribution in [0.5, 0.6) is 0 Å². The first-order valence-electron chi connectivity index (χ1n) is 12.7. The van der Waals surface area contributed by atoms with Gasteiger partial charge in [-0.3, -0.25) is 0 Å². The molecule has 160 valence electrons. The van der Waals surface area contributed by atoms with E-state index in [1.165, 1.54) is 70.6 Å². The lowest BCUT2D eigenvalue weighted by atomic mass is 9.48. The Hall–Kier alpha value is -0.300. The van der Waals surface area contributed by atoms with Gasteiger partial charge in [-0.2, -0.15) is 0 Å². The minimum atomic E-state index is -0.134. The molecule has 0 heterocycles. The van der Waals surface area contributed by atoms with Crippen LogP contribution in [0.4, 0.5) is 0 Å². The van der Waals surface area contributed by atoms with Gasteiger partial charge in [0.1, 0.15) is 0 Å². The maximum absolute atomic E-state index is 11.3. The van der Waals surface area contributed by atoms with Crippen molar-refractivity contribution < 1.29 is 5.11 Å². The van der Waals surface area contributed by atoms with Crippen LogP contribution in [0.2, 0.25) is 0 Å². The average molecular weight is 387 g/mol. The molecule has 4 aliphatic rings. The van der Waals surface area contributed by atoms with Gasteiger partial charge in [-0.15, -0.1) is 0 Å². The summed E-state index contributed by atoms with van der Waals surface area (Å²) in [5, 5.41) is 11.3.